The number of amides is 1. The van der Waals surface area contributed by atoms with Crippen molar-refractivity contribution < 1.29 is 4.79 Å². The summed E-state index contributed by atoms with van der Waals surface area (Å²) in [4.78, 5) is 20.0. The summed E-state index contributed by atoms with van der Waals surface area (Å²) in [5, 5.41) is 10.9. The number of carbonyl (C=O) groups excluding carboxylic acids is 1. The third kappa shape index (κ3) is 4.81. The van der Waals surface area contributed by atoms with Gasteiger partial charge >= 0.3 is 0 Å². The van der Waals surface area contributed by atoms with E-state index in [1.54, 1.807) is 0 Å². The molecule has 4 aliphatic rings. The molecule has 192 valence electrons. The average molecular weight is 497 g/mol. The molecule has 2 aliphatic heterocycles. The number of benzene rings is 1. The van der Waals surface area contributed by atoms with E-state index in [0.717, 1.165) is 80.1 Å². The molecular formula is C30H36N6O. The topological polar surface area (TPSA) is 67.5 Å². The van der Waals surface area contributed by atoms with Crippen LogP contribution in [0.4, 0.5) is 0 Å². The molecule has 2 atom stereocenters. The van der Waals surface area contributed by atoms with Gasteiger partial charge in [-0.2, -0.15) is 5.10 Å². The summed E-state index contributed by atoms with van der Waals surface area (Å²) < 4.78 is 0. The zero-order valence-corrected chi connectivity index (χ0v) is 21.8. The third-order valence-electron chi connectivity index (χ3n) is 8.12. The van der Waals surface area contributed by atoms with Crippen LogP contribution in [0.25, 0.3) is 5.57 Å². The molecule has 37 heavy (non-hydrogen) atoms. The largest absolute Gasteiger partial charge is 0.350 e. The molecule has 2 N–H and O–H groups in total. The maximum atomic E-state index is 12.9. The van der Waals surface area contributed by atoms with E-state index in [9.17, 15) is 4.79 Å². The lowest BCUT2D eigenvalue weighted by Gasteiger charge is -2.39. The predicted molar refractivity (Wildman–Crippen MR) is 146 cm³/mol. The van der Waals surface area contributed by atoms with E-state index in [-0.39, 0.29) is 12.1 Å². The van der Waals surface area contributed by atoms with Crippen molar-refractivity contribution in [2.75, 3.05) is 40.3 Å². The maximum Gasteiger partial charge on any atom is 0.254 e. The number of hydrogen-bond donors (Lipinski definition) is 2. The molecular weight excluding hydrogens is 460 g/mol. The number of nitrogens with one attached hydrogen (secondary N) is 2. The van der Waals surface area contributed by atoms with E-state index >= 15 is 0 Å². The van der Waals surface area contributed by atoms with Gasteiger partial charge in [0.1, 0.15) is 6.17 Å². The third-order valence-corrected chi connectivity index (χ3v) is 8.12. The van der Waals surface area contributed by atoms with Gasteiger partial charge < -0.3 is 15.1 Å². The fraction of sp³-hybridized carbons (Fsp3) is 0.400. The molecule has 2 aromatic rings. The lowest BCUT2D eigenvalue weighted by Crippen LogP contribution is -2.46. The minimum absolute atomic E-state index is 0.0103. The first-order valence-corrected chi connectivity index (χ1v) is 13.4. The van der Waals surface area contributed by atoms with E-state index in [4.69, 9.17) is 0 Å². The highest BCUT2D eigenvalue weighted by molar-refractivity contribution is 5.99. The van der Waals surface area contributed by atoms with Gasteiger partial charge in [-0.1, -0.05) is 54.6 Å². The summed E-state index contributed by atoms with van der Waals surface area (Å²) in [7, 11) is 4.24. The molecule has 1 aromatic carbocycles. The van der Waals surface area contributed by atoms with E-state index < -0.39 is 0 Å². The number of fused-ring (bicyclic) bond motifs is 1. The van der Waals surface area contributed by atoms with Crippen molar-refractivity contribution in [1.29, 1.82) is 0 Å². The Balaban J connectivity index is 1.20. The summed E-state index contributed by atoms with van der Waals surface area (Å²) in [5.41, 5.74) is 7.47. The Hall–Kier alpha value is -3.42. The Bertz CT molecular complexity index is 1280. The monoisotopic (exact) mass is 496 g/mol. The molecule has 7 heteroatoms. The first-order valence-electron chi connectivity index (χ1n) is 13.4. The number of likely N-dealkylation sites (N-methyl/N-ethyl adjacent to an activating group) is 2. The molecule has 0 saturated carbocycles. The number of piperazine rings is 1. The number of allylic oxidation sites excluding steroid dienone is 6. The fourth-order valence-corrected chi connectivity index (χ4v) is 5.87. The van der Waals surface area contributed by atoms with Gasteiger partial charge in [0.25, 0.3) is 5.91 Å². The summed E-state index contributed by atoms with van der Waals surface area (Å²) in [6.07, 6.45) is 15.4. The molecule has 2 aliphatic carbocycles. The molecule has 0 bridgehead atoms. The van der Waals surface area contributed by atoms with Crippen molar-refractivity contribution in [3.63, 3.8) is 0 Å². The summed E-state index contributed by atoms with van der Waals surface area (Å²) in [5.74, 6) is 0.292. The highest BCUT2D eigenvalue weighted by atomic mass is 16.2. The van der Waals surface area contributed by atoms with Crippen molar-refractivity contribution in [1.82, 2.24) is 30.2 Å². The van der Waals surface area contributed by atoms with Crippen LogP contribution < -0.4 is 5.32 Å². The standard InChI is InChI=1S/C30H36N6O/c1-34-14-16-36(17-15-34)20-21-10-12-22(13-11-21)23-6-5-7-24(18-23)28-26(19-31-33-28)29-32-30(37)25-8-3-4-9-27(25)35(29)2/h5,7-13,18-19,23,29H,3-4,6,14-17,20H2,1-2H3,(H,31,33)(H,32,37). The summed E-state index contributed by atoms with van der Waals surface area (Å²) in [6.45, 7) is 5.57. The smallest absolute Gasteiger partial charge is 0.254 e. The minimum Gasteiger partial charge on any atom is -0.350 e. The number of H-pyrrole nitrogens is 1. The minimum atomic E-state index is -0.258. The van der Waals surface area contributed by atoms with Gasteiger partial charge in [-0.3, -0.25) is 14.8 Å². The molecule has 3 heterocycles. The van der Waals surface area contributed by atoms with Crippen LogP contribution in [0.3, 0.4) is 0 Å². The Morgan fingerprint density at radius 2 is 1.81 bits per heavy atom. The van der Waals surface area contributed by atoms with Gasteiger partial charge in [0.15, 0.2) is 0 Å². The number of carbonyl (C=O) groups is 1. The van der Waals surface area contributed by atoms with E-state index in [1.165, 1.54) is 11.1 Å². The molecule has 0 spiro atoms. The van der Waals surface area contributed by atoms with Gasteiger partial charge in [-0.25, -0.2) is 0 Å². The van der Waals surface area contributed by atoms with Crippen LogP contribution in [0.5, 0.6) is 0 Å². The van der Waals surface area contributed by atoms with Crippen molar-refractivity contribution in [2.24, 2.45) is 0 Å². The number of aromatic nitrogens is 2. The van der Waals surface area contributed by atoms with Crippen LogP contribution in [0.15, 0.2) is 72.1 Å². The normalized spacial score (nSPS) is 24.8. The second kappa shape index (κ2) is 10.1. The first-order chi connectivity index (χ1) is 18.1. The SMILES string of the molecule is CN1CCN(Cc2ccc(C3C=C(c4n[nH]cc4C4NC(=O)C5=CCCC=C5N4C)C=CC3)cc2)CC1. The lowest BCUT2D eigenvalue weighted by atomic mass is 9.87. The van der Waals surface area contributed by atoms with Crippen LogP contribution in [0, 0.1) is 0 Å². The van der Waals surface area contributed by atoms with Crippen LogP contribution in [0.2, 0.25) is 0 Å². The van der Waals surface area contributed by atoms with Crippen molar-refractivity contribution >= 4 is 11.5 Å². The Morgan fingerprint density at radius 3 is 2.62 bits per heavy atom. The Morgan fingerprint density at radius 1 is 1.03 bits per heavy atom. The van der Waals surface area contributed by atoms with Gasteiger partial charge in [0.05, 0.1) is 11.3 Å². The molecule has 6 rings (SSSR count). The Labute approximate surface area is 219 Å². The van der Waals surface area contributed by atoms with Gasteiger partial charge in [0.2, 0.25) is 0 Å². The molecule has 1 aromatic heterocycles. The van der Waals surface area contributed by atoms with Crippen LogP contribution in [-0.4, -0.2) is 71.1 Å². The van der Waals surface area contributed by atoms with Gasteiger partial charge in [-0.05, 0) is 43.0 Å². The molecule has 2 unspecified atom stereocenters. The van der Waals surface area contributed by atoms with Crippen LogP contribution in [-0.2, 0) is 11.3 Å². The predicted octanol–water partition coefficient (Wildman–Crippen LogP) is 3.95. The first kappa shape index (κ1) is 23.9. The number of rotatable bonds is 5. The van der Waals surface area contributed by atoms with Crippen LogP contribution in [0.1, 0.15) is 53.7 Å². The second-order valence-electron chi connectivity index (χ2n) is 10.6. The molecule has 1 amide bonds. The van der Waals surface area contributed by atoms with Crippen molar-refractivity contribution in [2.45, 2.75) is 37.9 Å². The molecule has 7 nitrogen and oxygen atoms in total. The quantitative estimate of drug-likeness (QED) is 0.656. The highest BCUT2D eigenvalue weighted by Gasteiger charge is 2.35. The molecule has 0 radical (unpaired) electrons. The zero-order valence-electron chi connectivity index (χ0n) is 21.8. The van der Waals surface area contributed by atoms with Crippen molar-refractivity contribution in [3.8, 4) is 0 Å². The fourth-order valence-electron chi connectivity index (χ4n) is 5.87. The summed E-state index contributed by atoms with van der Waals surface area (Å²) in [6, 6.07) is 9.14. The lowest BCUT2D eigenvalue weighted by molar-refractivity contribution is -0.120. The van der Waals surface area contributed by atoms with Gasteiger partial charge in [0, 0.05) is 63.1 Å². The molecule has 2 saturated heterocycles. The number of aromatic amines is 1. The van der Waals surface area contributed by atoms with Crippen molar-refractivity contribution in [3.05, 3.63) is 94.5 Å². The van der Waals surface area contributed by atoms with Gasteiger partial charge in [-0.15, -0.1) is 0 Å². The van der Waals surface area contributed by atoms with Crippen LogP contribution >= 0.6 is 0 Å². The maximum absolute atomic E-state index is 12.9. The highest BCUT2D eigenvalue weighted by Crippen LogP contribution is 2.37. The van der Waals surface area contributed by atoms with E-state index in [1.807, 2.05) is 19.3 Å². The zero-order chi connectivity index (χ0) is 25.4. The summed E-state index contributed by atoms with van der Waals surface area (Å²) >= 11 is 0. The Kier molecular flexibility index (Phi) is 6.57. The number of nitrogens with zero attached hydrogens (tertiary/aromatic N) is 4. The van der Waals surface area contributed by atoms with E-state index in [0.29, 0.717) is 5.92 Å². The molecule has 2 fully saturated rings. The van der Waals surface area contributed by atoms with E-state index in [2.05, 4.69) is 85.8 Å². The average Bonchev–Trinajstić information content (AvgIpc) is 3.42. The second-order valence-corrected chi connectivity index (χ2v) is 10.6. The number of hydrogen-bond acceptors (Lipinski definition) is 5.